The number of hydrogen-bond acceptors (Lipinski definition) is 6. The van der Waals surface area contributed by atoms with Gasteiger partial charge in [-0.25, -0.2) is 0 Å². The van der Waals surface area contributed by atoms with Crippen molar-refractivity contribution in [3.63, 3.8) is 0 Å². The van der Waals surface area contributed by atoms with Crippen LogP contribution in [0.3, 0.4) is 0 Å². The van der Waals surface area contributed by atoms with Gasteiger partial charge in [0.1, 0.15) is 13.2 Å². The number of carbonyl (C=O) groups is 3. The molecule has 6 nitrogen and oxygen atoms in total. The van der Waals surface area contributed by atoms with Crippen LogP contribution >= 0.6 is 0 Å². The molecule has 0 fully saturated rings. The zero-order valence-electron chi connectivity index (χ0n) is 50.1. The number of allylic oxidation sites excluding steroid dienone is 4. The lowest BCUT2D eigenvalue weighted by Gasteiger charge is -2.18. The highest BCUT2D eigenvalue weighted by atomic mass is 16.6. The van der Waals surface area contributed by atoms with Crippen LogP contribution in [0.4, 0.5) is 0 Å². The average molecular weight is 1040 g/mol. The first-order valence-electron chi connectivity index (χ1n) is 33.3. The summed E-state index contributed by atoms with van der Waals surface area (Å²) in [4.78, 5) is 38.3. The molecule has 0 spiro atoms. The largest absolute Gasteiger partial charge is 0.462 e. The summed E-state index contributed by atoms with van der Waals surface area (Å²) < 4.78 is 16.9. The fourth-order valence-corrected chi connectivity index (χ4v) is 10.1. The average Bonchev–Trinajstić information content (AvgIpc) is 3.40. The van der Waals surface area contributed by atoms with Gasteiger partial charge in [0.25, 0.3) is 0 Å². The van der Waals surface area contributed by atoms with Gasteiger partial charge in [-0.3, -0.25) is 14.4 Å². The third kappa shape index (κ3) is 60.8. The molecule has 0 rings (SSSR count). The number of esters is 3. The lowest BCUT2D eigenvalue weighted by Crippen LogP contribution is -2.30. The SMILES string of the molecule is CCCCCCC/C=C\CCCCCCCC(=O)OCC(COC(=O)CCCCCCCCCCCCCCCCCCCCCCCCCCC)OC(=O)CCCCCCCCC/C=C\CCCCCCCC. The summed E-state index contributed by atoms with van der Waals surface area (Å²) in [6.07, 6.45) is 76.2. The monoisotopic (exact) mass is 1040 g/mol. The van der Waals surface area contributed by atoms with Crippen molar-refractivity contribution in [2.75, 3.05) is 13.2 Å². The van der Waals surface area contributed by atoms with Gasteiger partial charge in [0, 0.05) is 19.3 Å². The van der Waals surface area contributed by atoms with E-state index in [1.54, 1.807) is 0 Å². The Morgan fingerprint density at radius 3 is 0.676 bits per heavy atom. The van der Waals surface area contributed by atoms with E-state index in [0.29, 0.717) is 19.3 Å². The summed E-state index contributed by atoms with van der Waals surface area (Å²) in [6.45, 7) is 6.69. The summed E-state index contributed by atoms with van der Waals surface area (Å²) >= 11 is 0. The predicted octanol–water partition coefficient (Wildman–Crippen LogP) is 22.6. The fourth-order valence-electron chi connectivity index (χ4n) is 10.1. The minimum Gasteiger partial charge on any atom is -0.462 e. The molecule has 0 aliphatic heterocycles. The molecule has 0 saturated carbocycles. The molecule has 74 heavy (non-hydrogen) atoms. The van der Waals surface area contributed by atoms with Crippen molar-refractivity contribution in [2.24, 2.45) is 0 Å². The Kier molecular flexibility index (Phi) is 61.6. The summed E-state index contributed by atoms with van der Waals surface area (Å²) in [6, 6.07) is 0. The van der Waals surface area contributed by atoms with Gasteiger partial charge in [-0.2, -0.15) is 0 Å². The number of hydrogen-bond donors (Lipinski definition) is 0. The molecule has 1 atom stereocenters. The van der Waals surface area contributed by atoms with Gasteiger partial charge in [-0.05, 0) is 70.6 Å². The first-order valence-corrected chi connectivity index (χ1v) is 33.3. The highest BCUT2D eigenvalue weighted by molar-refractivity contribution is 5.71. The van der Waals surface area contributed by atoms with Crippen molar-refractivity contribution in [1.29, 1.82) is 0 Å². The Hall–Kier alpha value is -2.11. The summed E-state index contributed by atoms with van der Waals surface area (Å²) in [5, 5.41) is 0. The molecule has 436 valence electrons. The maximum absolute atomic E-state index is 12.9. The van der Waals surface area contributed by atoms with Gasteiger partial charge in [-0.1, -0.05) is 308 Å². The quantitative estimate of drug-likeness (QED) is 0.0261. The van der Waals surface area contributed by atoms with Crippen molar-refractivity contribution in [2.45, 2.75) is 380 Å². The Morgan fingerprint density at radius 2 is 0.446 bits per heavy atom. The van der Waals surface area contributed by atoms with Crippen molar-refractivity contribution in [3.8, 4) is 0 Å². The second kappa shape index (κ2) is 63.4. The first-order chi connectivity index (χ1) is 36.5. The minimum absolute atomic E-state index is 0.0706. The van der Waals surface area contributed by atoms with Crippen LogP contribution < -0.4 is 0 Å². The van der Waals surface area contributed by atoms with Crippen LogP contribution in [-0.4, -0.2) is 37.2 Å². The lowest BCUT2D eigenvalue weighted by atomic mass is 10.0. The standard InChI is InChI=1S/C68H128O6/c1-4-7-10-13-16-19-22-25-28-30-31-32-33-34-35-36-37-39-40-43-46-49-52-55-58-61-67(70)73-64-65(63-72-66(69)60-57-54-51-48-45-42-27-24-21-18-15-12-9-6-3)74-68(71)62-59-56-53-50-47-44-41-38-29-26-23-20-17-14-11-8-5-2/h24,26-27,29,65H,4-23,25,28,30-64H2,1-3H3/b27-24-,29-26-. The molecule has 0 bridgehead atoms. The Balaban J connectivity index is 4.24. The van der Waals surface area contributed by atoms with E-state index in [4.69, 9.17) is 14.2 Å². The smallest absolute Gasteiger partial charge is 0.306 e. The Bertz CT molecular complexity index is 1190. The Labute approximate surface area is 462 Å². The number of rotatable bonds is 62. The second-order valence-electron chi connectivity index (χ2n) is 22.7. The van der Waals surface area contributed by atoms with Gasteiger partial charge in [-0.15, -0.1) is 0 Å². The van der Waals surface area contributed by atoms with E-state index in [1.807, 2.05) is 0 Å². The molecule has 0 aromatic rings. The van der Waals surface area contributed by atoms with Crippen LogP contribution in [0, 0.1) is 0 Å². The maximum Gasteiger partial charge on any atom is 0.306 e. The third-order valence-electron chi connectivity index (χ3n) is 15.2. The molecule has 1 unspecified atom stereocenters. The zero-order valence-corrected chi connectivity index (χ0v) is 50.1. The molecule has 0 radical (unpaired) electrons. The molecule has 0 amide bonds. The van der Waals surface area contributed by atoms with Crippen LogP contribution in [0.2, 0.25) is 0 Å². The van der Waals surface area contributed by atoms with Crippen molar-refractivity contribution in [1.82, 2.24) is 0 Å². The fraction of sp³-hybridized carbons (Fsp3) is 0.897. The molecule has 0 saturated heterocycles. The van der Waals surface area contributed by atoms with Gasteiger partial charge >= 0.3 is 17.9 Å². The molecule has 6 heteroatoms. The van der Waals surface area contributed by atoms with E-state index in [2.05, 4.69) is 45.1 Å². The second-order valence-corrected chi connectivity index (χ2v) is 22.7. The maximum atomic E-state index is 12.9. The molecular formula is C68H128O6. The van der Waals surface area contributed by atoms with E-state index in [1.165, 1.54) is 270 Å². The zero-order chi connectivity index (χ0) is 53.6. The first kappa shape index (κ1) is 71.9. The number of ether oxygens (including phenoxy) is 3. The highest BCUT2D eigenvalue weighted by Crippen LogP contribution is 2.18. The van der Waals surface area contributed by atoms with Crippen LogP contribution in [0.15, 0.2) is 24.3 Å². The molecule has 0 heterocycles. The van der Waals surface area contributed by atoms with Gasteiger partial charge < -0.3 is 14.2 Å². The highest BCUT2D eigenvalue weighted by Gasteiger charge is 2.19. The van der Waals surface area contributed by atoms with Crippen LogP contribution in [0.1, 0.15) is 374 Å². The summed E-state index contributed by atoms with van der Waals surface area (Å²) in [5.41, 5.74) is 0. The third-order valence-corrected chi connectivity index (χ3v) is 15.2. The van der Waals surface area contributed by atoms with Gasteiger partial charge in [0.15, 0.2) is 6.10 Å². The van der Waals surface area contributed by atoms with Crippen molar-refractivity contribution in [3.05, 3.63) is 24.3 Å². The molecular weight excluding hydrogens is 913 g/mol. The predicted molar refractivity (Wildman–Crippen MR) is 321 cm³/mol. The molecule has 0 aliphatic rings. The van der Waals surface area contributed by atoms with E-state index < -0.39 is 6.10 Å². The van der Waals surface area contributed by atoms with E-state index >= 15 is 0 Å². The van der Waals surface area contributed by atoms with E-state index in [-0.39, 0.29) is 31.1 Å². The molecule has 0 aromatic carbocycles. The van der Waals surface area contributed by atoms with Crippen molar-refractivity contribution >= 4 is 17.9 Å². The normalized spacial score (nSPS) is 12.1. The van der Waals surface area contributed by atoms with E-state index in [9.17, 15) is 14.4 Å². The summed E-state index contributed by atoms with van der Waals surface area (Å²) in [5.74, 6) is -0.857. The Morgan fingerprint density at radius 1 is 0.257 bits per heavy atom. The molecule has 0 aliphatic carbocycles. The van der Waals surface area contributed by atoms with Crippen LogP contribution in [0.25, 0.3) is 0 Å². The summed E-state index contributed by atoms with van der Waals surface area (Å²) in [7, 11) is 0. The van der Waals surface area contributed by atoms with Gasteiger partial charge in [0.2, 0.25) is 0 Å². The van der Waals surface area contributed by atoms with E-state index in [0.717, 1.165) is 64.2 Å². The number of carbonyl (C=O) groups excluding carboxylic acids is 3. The van der Waals surface area contributed by atoms with Crippen LogP contribution in [0.5, 0.6) is 0 Å². The lowest BCUT2D eigenvalue weighted by molar-refractivity contribution is -0.167. The molecule has 0 N–H and O–H groups in total. The molecule has 0 aromatic heterocycles. The topological polar surface area (TPSA) is 78.9 Å². The van der Waals surface area contributed by atoms with Crippen LogP contribution in [-0.2, 0) is 28.6 Å². The minimum atomic E-state index is -0.774. The van der Waals surface area contributed by atoms with Gasteiger partial charge in [0.05, 0.1) is 0 Å². The number of unbranched alkanes of at least 4 members (excludes halogenated alkanes) is 47. The van der Waals surface area contributed by atoms with Crippen molar-refractivity contribution < 1.29 is 28.6 Å².